The van der Waals surface area contributed by atoms with Crippen molar-refractivity contribution in [2.24, 2.45) is 5.10 Å². The zero-order valence-electron chi connectivity index (χ0n) is 11.4. The van der Waals surface area contributed by atoms with Gasteiger partial charge in [-0.15, -0.1) is 0 Å². The molecule has 0 bridgehead atoms. The Bertz CT molecular complexity index is 631. The van der Waals surface area contributed by atoms with Crippen molar-refractivity contribution in [3.63, 3.8) is 0 Å². The number of hydrazone groups is 1. The zero-order valence-corrected chi connectivity index (χ0v) is 12.1. The van der Waals surface area contributed by atoms with Crippen molar-refractivity contribution in [1.82, 2.24) is 5.43 Å². The van der Waals surface area contributed by atoms with Gasteiger partial charge in [0, 0.05) is 10.6 Å². The molecular weight excluding hydrogens is 272 g/mol. The van der Waals surface area contributed by atoms with Crippen LogP contribution in [-0.2, 0) is 0 Å². The number of aryl methyl sites for hydroxylation is 1. The average Bonchev–Trinajstić information content (AvgIpc) is 2.46. The number of benzene rings is 2. The Labute approximate surface area is 123 Å². The zero-order chi connectivity index (χ0) is 14.5. The number of hydrogen-bond donors (Lipinski definition) is 1. The lowest BCUT2D eigenvalue weighted by atomic mass is 10.1. The second kappa shape index (κ2) is 6.35. The summed E-state index contributed by atoms with van der Waals surface area (Å²) in [6.45, 7) is 3.88. The average molecular weight is 287 g/mol. The van der Waals surface area contributed by atoms with Crippen LogP contribution in [0.1, 0.15) is 28.4 Å². The summed E-state index contributed by atoms with van der Waals surface area (Å²) in [5.41, 5.74) is 5.98. The maximum atomic E-state index is 11.9. The van der Waals surface area contributed by atoms with E-state index in [4.69, 9.17) is 11.6 Å². The Morgan fingerprint density at radius 3 is 2.15 bits per heavy atom. The smallest absolute Gasteiger partial charge is 0.267 e. The van der Waals surface area contributed by atoms with Gasteiger partial charge in [0.25, 0.3) is 5.91 Å². The maximum Gasteiger partial charge on any atom is 0.271 e. The molecule has 0 aliphatic heterocycles. The number of halogens is 1. The number of nitrogens with zero attached hydrogens (tertiary/aromatic N) is 1. The normalized spacial score (nSPS) is 11.2. The van der Waals surface area contributed by atoms with E-state index in [1.54, 1.807) is 24.3 Å². The summed E-state index contributed by atoms with van der Waals surface area (Å²) in [4.78, 5) is 11.9. The fraction of sp³-hybridized carbons (Fsp3) is 0.125. The molecule has 2 aromatic rings. The molecule has 2 rings (SSSR count). The van der Waals surface area contributed by atoms with Crippen LogP contribution in [0.2, 0.25) is 5.02 Å². The standard InChI is InChI=1S/C16H15ClN2O/c1-11-3-5-13(6-4-11)12(2)18-19-16(20)14-7-9-15(17)10-8-14/h3-10H,1-2H3,(H,19,20)/b18-12-. The molecule has 3 nitrogen and oxygen atoms in total. The molecule has 0 radical (unpaired) electrons. The topological polar surface area (TPSA) is 41.5 Å². The second-order valence-electron chi connectivity index (χ2n) is 4.51. The predicted molar refractivity (Wildman–Crippen MR) is 82.3 cm³/mol. The fourth-order valence-corrected chi connectivity index (χ4v) is 1.79. The molecule has 0 aliphatic rings. The molecule has 0 saturated heterocycles. The third-order valence-corrected chi connectivity index (χ3v) is 3.15. The van der Waals surface area contributed by atoms with Crippen molar-refractivity contribution < 1.29 is 4.79 Å². The van der Waals surface area contributed by atoms with Crippen molar-refractivity contribution in [2.75, 3.05) is 0 Å². The molecular formula is C16H15ClN2O. The lowest BCUT2D eigenvalue weighted by molar-refractivity contribution is 0.0955. The van der Waals surface area contributed by atoms with Crippen molar-refractivity contribution in [3.05, 3.63) is 70.2 Å². The van der Waals surface area contributed by atoms with Gasteiger partial charge < -0.3 is 0 Å². The number of rotatable bonds is 3. The van der Waals surface area contributed by atoms with Crippen molar-refractivity contribution in [3.8, 4) is 0 Å². The van der Waals surface area contributed by atoms with Gasteiger partial charge in [0.2, 0.25) is 0 Å². The molecule has 0 aromatic heterocycles. The molecule has 0 aliphatic carbocycles. The van der Waals surface area contributed by atoms with Crippen LogP contribution in [-0.4, -0.2) is 11.6 Å². The van der Waals surface area contributed by atoms with E-state index in [0.29, 0.717) is 10.6 Å². The van der Waals surface area contributed by atoms with Crippen LogP contribution in [0.15, 0.2) is 53.6 Å². The van der Waals surface area contributed by atoms with Gasteiger partial charge in [0.15, 0.2) is 0 Å². The van der Waals surface area contributed by atoms with E-state index >= 15 is 0 Å². The predicted octanol–water partition coefficient (Wildman–Crippen LogP) is 3.80. The van der Waals surface area contributed by atoms with Crippen molar-refractivity contribution in [2.45, 2.75) is 13.8 Å². The van der Waals surface area contributed by atoms with Gasteiger partial charge in [0.05, 0.1) is 5.71 Å². The number of amides is 1. The van der Waals surface area contributed by atoms with Gasteiger partial charge in [0.1, 0.15) is 0 Å². The van der Waals surface area contributed by atoms with Gasteiger partial charge in [-0.3, -0.25) is 4.79 Å². The summed E-state index contributed by atoms with van der Waals surface area (Å²) >= 11 is 5.78. The van der Waals surface area contributed by atoms with E-state index in [2.05, 4.69) is 10.5 Å². The van der Waals surface area contributed by atoms with Crippen LogP contribution in [0.25, 0.3) is 0 Å². The minimum atomic E-state index is -0.256. The Morgan fingerprint density at radius 2 is 1.55 bits per heavy atom. The summed E-state index contributed by atoms with van der Waals surface area (Å²) in [5, 5.41) is 4.70. The molecule has 4 heteroatoms. The first-order chi connectivity index (χ1) is 9.56. The van der Waals surface area contributed by atoms with Crippen LogP contribution in [0.5, 0.6) is 0 Å². The van der Waals surface area contributed by atoms with Gasteiger partial charge in [-0.25, -0.2) is 5.43 Å². The molecule has 0 atom stereocenters. The van der Waals surface area contributed by atoms with E-state index in [0.717, 1.165) is 11.3 Å². The molecule has 1 amide bonds. The summed E-state index contributed by atoms with van der Waals surface area (Å²) in [5.74, 6) is -0.256. The van der Waals surface area contributed by atoms with Gasteiger partial charge in [-0.05, 0) is 43.7 Å². The monoisotopic (exact) mass is 286 g/mol. The van der Waals surface area contributed by atoms with Crippen LogP contribution >= 0.6 is 11.6 Å². The highest BCUT2D eigenvalue weighted by molar-refractivity contribution is 6.30. The van der Waals surface area contributed by atoms with E-state index in [9.17, 15) is 4.79 Å². The molecule has 0 heterocycles. The first-order valence-electron chi connectivity index (χ1n) is 6.23. The maximum absolute atomic E-state index is 11.9. The van der Waals surface area contributed by atoms with E-state index < -0.39 is 0 Å². The lowest BCUT2D eigenvalue weighted by Crippen LogP contribution is -2.19. The Balaban J connectivity index is 2.06. The summed E-state index contributed by atoms with van der Waals surface area (Å²) < 4.78 is 0. The molecule has 2 aromatic carbocycles. The highest BCUT2D eigenvalue weighted by Gasteiger charge is 2.04. The number of carbonyl (C=O) groups excluding carboxylic acids is 1. The van der Waals surface area contributed by atoms with E-state index in [1.165, 1.54) is 5.56 Å². The van der Waals surface area contributed by atoms with Crippen LogP contribution in [0.3, 0.4) is 0 Å². The minimum Gasteiger partial charge on any atom is -0.267 e. The number of carbonyl (C=O) groups is 1. The van der Waals surface area contributed by atoms with Crippen LogP contribution in [0.4, 0.5) is 0 Å². The van der Waals surface area contributed by atoms with E-state index in [-0.39, 0.29) is 5.91 Å². The van der Waals surface area contributed by atoms with Gasteiger partial charge in [-0.2, -0.15) is 5.10 Å². The van der Waals surface area contributed by atoms with E-state index in [1.807, 2.05) is 38.1 Å². The summed E-state index contributed by atoms with van der Waals surface area (Å²) in [6, 6.07) is 14.6. The van der Waals surface area contributed by atoms with Crippen LogP contribution < -0.4 is 5.43 Å². The summed E-state index contributed by atoms with van der Waals surface area (Å²) in [7, 11) is 0. The highest BCUT2D eigenvalue weighted by Crippen LogP contribution is 2.09. The molecule has 102 valence electrons. The Morgan fingerprint density at radius 1 is 1.00 bits per heavy atom. The SMILES string of the molecule is C/C(=N/NC(=O)c1ccc(Cl)cc1)c1ccc(C)cc1. The van der Waals surface area contributed by atoms with Crippen molar-refractivity contribution >= 4 is 23.2 Å². The van der Waals surface area contributed by atoms with Crippen molar-refractivity contribution in [1.29, 1.82) is 0 Å². The first kappa shape index (κ1) is 14.3. The molecule has 0 fully saturated rings. The first-order valence-corrected chi connectivity index (χ1v) is 6.61. The molecule has 20 heavy (non-hydrogen) atoms. The van der Waals surface area contributed by atoms with Gasteiger partial charge >= 0.3 is 0 Å². The third-order valence-electron chi connectivity index (χ3n) is 2.90. The van der Waals surface area contributed by atoms with Gasteiger partial charge in [-0.1, -0.05) is 41.4 Å². The fourth-order valence-electron chi connectivity index (χ4n) is 1.66. The minimum absolute atomic E-state index is 0.256. The molecule has 1 N–H and O–H groups in total. The number of hydrogen-bond acceptors (Lipinski definition) is 2. The Kier molecular flexibility index (Phi) is 4.53. The highest BCUT2D eigenvalue weighted by atomic mass is 35.5. The second-order valence-corrected chi connectivity index (χ2v) is 4.95. The quantitative estimate of drug-likeness (QED) is 0.677. The third kappa shape index (κ3) is 3.68. The van der Waals surface area contributed by atoms with Crippen LogP contribution in [0, 0.1) is 6.92 Å². The largest absolute Gasteiger partial charge is 0.271 e. The Hall–Kier alpha value is -2.13. The molecule has 0 saturated carbocycles. The molecule has 0 spiro atoms. The summed E-state index contributed by atoms with van der Waals surface area (Å²) in [6.07, 6.45) is 0. The number of nitrogens with one attached hydrogen (secondary N) is 1. The lowest BCUT2D eigenvalue weighted by Gasteiger charge is -2.03. The molecule has 0 unspecified atom stereocenters.